The standard InChI is InChI=1S/C17H18F2N2/c1-11-8-15(19)16(9-14(11)18)21-10-13-5-2-4-12-6-3-7-20-17(12)13/h2,4-5,8-9,20-21H,3,6-7,10H2,1H3. The van der Waals surface area contributed by atoms with Gasteiger partial charge in [-0.3, -0.25) is 0 Å². The number of anilines is 2. The minimum Gasteiger partial charge on any atom is -0.385 e. The van der Waals surface area contributed by atoms with E-state index in [1.807, 2.05) is 12.1 Å². The molecule has 2 aromatic carbocycles. The third-order valence-corrected chi connectivity index (χ3v) is 3.88. The third kappa shape index (κ3) is 2.84. The van der Waals surface area contributed by atoms with Gasteiger partial charge in [0.05, 0.1) is 5.69 Å². The molecule has 0 aliphatic carbocycles. The Bertz CT molecular complexity index is 668. The molecule has 0 radical (unpaired) electrons. The van der Waals surface area contributed by atoms with Crippen molar-refractivity contribution in [2.45, 2.75) is 26.3 Å². The van der Waals surface area contributed by atoms with Crippen LogP contribution in [0.15, 0.2) is 30.3 Å². The van der Waals surface area contributed by atoms with Crippen molar-refractivity contribution in [3.05, 3.63) is 58.7 Å². The predicted molar refractivity (Wildman–Crippen MR) is 81.7 cm³/mol. The van der Waals surface area contributed by atoms with Crippen LogP contribution in [0.25, 0.3) is 0 Å². The van der Waals surface area contributed by atoms with E-state index in [1.165, 1.54) is 17.7 Å². The summed E-state index contributed by atoms with van der Waals surface area (Å²) < 4.78 is 27.4. The fourth-order valence-corrected chi connectivity index (χ4v) is 2.70. The fraction of sp³-hybridized carbons (Fsp3) is 0.294. The van der Waals surface area contributed by atoms with Crippen molar-refractivity contribution < 1.29 is 8.78 Å². The number of aryl methyl sites for hydroxylation is 2. The molecule has 4 heteroatoms. The molecule has 1 aliphatic heterocycles. The molecule has 2 N–H and O–H groups in total. The number of halogens is 2. The van der Waals surface area contributed by atoms with Crippen molar-refractivity contribution in [3.8, 4) is 0 Å². The van der Waals surface area contributed by atoms with Gasteiger partial charge in [-0.05, 0) is 42.5 Å². The number of hydrogen-bond acceptors (Lipinski definition) is 2. The molecular weight excluding hydrogens is 270 g/mol. The van der Waals surface area contributed by atoms with Gasteiger partial charge in [0, 0.05) is 24.8 Å². The van der Waals surface area contributed by atoms with Gasteiger partial charge in [0.15, 0.2) is 0 Å². The topological polar surface area (TPSA) is 24.1 Å². The zero-order valence-electron chi connectivity index (χ0n) is 12.0. The molecule has 0 bridgehead atoms. The van der Waals surface area contributed by atoms with Crippen LogP contribution in [-0.2, 0) is 13.0 Å². The van der Waals surface area contributed by atoms with Gasteiger partial charge in [-0.1, -0.05) is 18.2 Å². The Morgan fingerprint density at radius 3 is 2.90 bits per heavy atom. The molecule has 0 spiro atoms. The summed E-state index contributed by atoms with van der Waals surface area (Å²) in [5.41, 5.74) is 4.01. The van der Waals surface area contributed by atoms with Crippen molar-refractivity contribution in [1.29, 1.82) is 0 Å². The highest BCUT2D eigenvalue weighted by Gasteiger charge is 2.13. The summed E-state index contributed by atoms with van der Waals surface area (Å²) in [5, 5.41) is 6.39. The average Bonchev–Trinajstić information content (AvgIpc) is 2.49. The number of para-hydroxylation sites is 1. The number of benzene rings is 2. The monoisotopic (exact) mass is 288 g/mol. The number of hydrogen-bond donors (Lipinski definition) is 2. The van der Waals surface area contributed by atoms with E-state index in [2.05, 4.69) is 16.7 Å². The first-order chi connectivity index (χ1) is 10.1. The largest absolute Gasteiger partial charge is 0.385 e. The second kappa shape index (κ2) is 5.72. The van der Waals surface area contributed by atoms with Crippen LogP contribution in [0.3, 0.4) is 0 Å². The molecule has 21 heavy (non-hydrogen) atoms. The van der Waals surface area contributed by atoms with Gasteiger partial charge in [0.1, 0.15) is 11.6 Å². The van der Waals surface area contributed by atoms with E-state index in [1.54, 1.807) is 6.92 Å². The summed E-state index contributed by atoms with van der Waals surface area (Å²) >= 11 is 0. The molecule has 0 saturated carbocycles. The maximum Gasteiger partial charge on any atom is 0.146 e. The zero-order valence-corrected chi connectivity index (χ0v) is 12.0. The number of fused-ring (bicyclic) bond motifs is 1. The Morgan fingerprint density at radius 2 is 2.05 bits per heavy atom. The second-order valence-corrected chi connectivity index (χ2v) is 5.42. The molecule has 0 amide bonds. The predicted octanol–water partition coefficient (Wildman–Crippen LogP) is 4.24. The first kappa shape index (κ1) is 13.9. The first-order valence-electron chi connectivity index (χ1n) is 7.19. The minimum absolute atomic E-state index is 0.200. The maximum absolute atomic E-state index is 13.8. The highest BCUT2D eigenvalue weighted by Crippen LogP contribution is 2.27. The minimum atomic E-state index is -0.424. The molecule has 0 fully saturated rings. The quantitative estimate of drug-likeness (QED) is 0.882. The molecule has 0 atom stereocenters. The van der Waals surface area contributed by atoms with E-state index in [9.17, 15) is 8.78 Å². The normalized spacial score (nSPS) is 13.5. The van der Waals surface area contributed by atoms with Gasteiger partial charge in [-0.25, -0.2) is 8.78 Å². The van der Waals surface area contributed by atoms with Crippen LogP contribution in [-0.4, -0.2) is 6.54 Å². The van der Waals surface area contributed by atoms with Crippen molar-refractivity contribution >= 4 is 11.4 Å². The SMILES string of the molecule is Cc1cc(F)c(NCc2cccc3c2NCCC3)cc1F. The van der Waals surface area contributed by atoms with Crippen LogP contribution in [0, 0.1) is 18.6 Å². The molecular formula is C17H18F2N2. The van der Waals surface area contributed by atoms with E-state index >= 15 is 0 Å². The molecule has 3 rings (SSSR count). The highest BCUT2D eigenvalue weighted by atomic mass is 19.1. The number of rotatable bonds is 3. The van der Waals surface area contributed by atoms with Crippen LogP contribution in [0.1, 0.15) is 23.1 Å². The lowest BCUT2D eigenvalue weighted by molar-refractivity contribution is 0.594. The van der Waals surface area contributed by atoms with E-state index < -0.39 is 11.6 Å². The Kier molecular flexibility index (Phi) is 3.78. The van der Waals surface area contributed by atoms with E-state index in [0.717, 1.165) is 30.6 Å². The summed E-state index contributed by atoms with van der Waals surface area (Å²) in [6.45, 7) is 2.98. The van der Waals surface area contributed by atoms with E-state index in [4.69, 9.17) is 0 Å². The molecule has 0 aromatic heterocycles. The molecule has 1 heterocycles. The summed E-state index contributed by atoms with van der Waals surface area (Å²) in [6, 6.07) is 8.56. The van der Waals surface area contributed by atoms with Crippen molar-refractivity contribution in [2.24, 2.45) is 0 Å². The van der Waals surface area contributed by atoms with Crippen molar-refractivity contribution in [3.63, 3.8) is 0 Å². The lowest BCUT2D eigenvalue weighted by atomic mass is 9.99. The summed E-state index contributed by atoms with van der Waals surface area (Å²) in [5.74, 6) is -0.821. The third-order valence-electron chi connectivity index (χ3n) is 3.88. The zero-order chi connectivity index (χ0) is 14.8. The van der Waals surface area contributed by atoms with Crippen LogP contribution >= 0.6 is 0 Å². The molecule has 2 nitrogen and oxygen atoms in total. The summed E-state index contributed by atoms with van der Waals surface area (Å²) in [7, 11) is 0. The van der Waals surface area contributed by atoms with Crippen molar-refractivity contribution in [2.75, 3.05) is 17.2 Å². The Balaban J connectivity index is 1.81. The molecule has 0 saturated heterocycles. The van der Waals surface area contributed by atoms with E-state index in [-0.39, 0.29) is 5.69 Å². The van der Waals surface area contributed by atoms with Gasteiger partial charge >= 0.3 is 0 Å². The van der Waals surface area contributed by atoms with Gasteiger partial charge in [0.2, 0.25) is 0 Å². The van der Waals surface area contributed by atoms with Gasteiger partial charge in [-0.15, -0.1) is 0 Å². The van der Waals surface area contributed by atoms with Crippen molar-refractivity contribution in [1.82, 2.24) is 0 Å². The smallest absolute Gasteiger partial charge is 0.146 e. The molecule has 2 aromatic rings. The van der Waals surface area contributed by atoms with Crippen LogP contribution < -0.4 is 10.6 Å². The van der Waals surface area contributed by atoms with Crippen LogP contribution in [0.4, 0.5) is 20.2 Å². The first-order valence-corrected chi connectivity index (χ1v) is 7.19. The van der Waals surface area contributed by atoms with Crippen LogP contribution in [0.5, 0.6) is 0 Å². The summed E-state index contributed by atoms with van der Waals surface area (Å²) in [6.07, 6.45) is 2.19. The van der Waals surface area contributed by atoms with Crippen LogP contribution in [0.2, 0.25) is 0 Å². The molecule has 0 unspecified atom stereocenters. The Morgan fingerprint density at radius 1 is 1.19 bits per heavy atom. The molecule has 1 aliphatic rings. The maximum atomic E-state index is 13.8. The second-order valence-electron chi connectivity index (χ2n) is 5.42. The Labute approximate surface area is 123 Å². The average molecular weight is 288 g/mol. The van der Waals surface area contributed by atoms with Gasteiger partial charge in [0.25, 0.3) is 0 Å². The lowest BCUT2D eigenvalue weighted by Gasteiger charge is -2.21. The summed E-state index contributed by atoms with van der Waals surface area (Å²) in [4.78, 5) is 0. The highest BCUT2D eigenvalue weighted by molar-refractivity contribution is 5.60. The Hall–Kier alpha value is -2.10. The number of nitrogens with one attached hydrogen (secondary N) is 2. The lowest BCUT2D eigenvalue weighted by Crippen LogP contribution is -2.15. The fourth-order valence-electron chi connectivity index (χ4n) is 2.70. The van der Waals surface area contributed by atoms with Gasteiger partial charge in [-0.2, -0.15) is 0 Å². The van der Waals surface area contributed by atoms with Gasteiger partial charge < -0.3 is 10.6 Å². The van der Waals surface area contributed by atoms with E-state index in [0.29, 0.717) is 12.1 Å². The molecule has 110 valence electrons.